The largest absolute Gasteiger partial charge is 0.349 e. The number of hydrogen-bond acceptors (Lipinski definition) is 3. The molecule has 0 bridgehead atoms. The third kappa shape index (κ3) is 3.38. The SMILES string of the molecule is CCCCn1c(=O)c(=O)n(CC(=O)NC2(C)CCC2)c2ccccc21. The topological polar surface area (TPSA) is 73.1 Å². The standard InChI is InChI=1S/C19H25N3O3/c1-3-4-12-21-14-8-5-6-9-15(14)22(18(25)17(21)24)13-16(23)20-19(2)10-7-11-19/h5-6,8-9H,3-4,7,10-13H2,1-2H3,(H,20,23). The Hall–Kier alpha value is -2.37. The van der Waals surface area contributed by atoms with Crippen molar-refractivity contribution in [1.29, 1.82) is 0 Å². The summed E-state index contributed by atoms with van der Waals surface area (Å²) in [6, 6.07) is 7.27. The van der Waals surface area contributed by atoms with E-state index in [1.54, 1.807) is 6.07 Å². The maximum absolute atomic E-state index is 12.6. The molecule has 1 saturated carbocycles. The van der Waals surface area contributed by atoms with Crippen LogP contribution in [0.25, 0.3) is 11.0 Å². The highest BCUT2D eigenvalue weighted by molar-refractivity contribution is 5.80. The summed E-state index contributed by atoms with van der Waals surface area (Å²) in [6.07, 6.45) is 4.77. The number of benzene rings is 1. The van der Waals surface area contributed by atoms with Crippen LogP contribution in [0.15, 0.2) is 33.9 Å². The first-order chi connectivity index (χ1) is 11.9. The first-order valence-electron chi connectivity index (χ1n) is 8.98. The van der Waals surface area contributed by atoms with Crippen molar-refractivity contribution in [2.24, 2.45) is 0 Å². The van der Waals surface area contributed by atoms with Crippen LogP contribution in [0.1, 0.15) is 46.0 Å². The molecule has 6 nitrogen and oxygen atoms in total. The molecule has 0 spiro atoms. The van der Waals surface area contributed by atoms with Crippen molar-refractivity contribution >= 4 is 16.9 Å². The Balaban J connectivity index is 2.00. The molecule has 1 aliphatic rings. The van der Waals surface area contributed by atoms with E-state index in [1.807, 2.05) is 32.0 Å². The average Bonchev–Trinajstić information content (AvgIpc) is 2.57. The van der Waals surface area contributed by atoms with Crippen LogP contribution in [0.4, 0.5) is 0 Å². The summed E-state index contributed by atoms with van der Waals surface area (Å²) in [5, 5.41) is 2.99. The number of aromatic nitrogens is 2. The lowest BCUT2D eigenvalue weighted by atomic mass is 9.78. The summed E-state index contributed by atoms with van der Waals surface area (Å²) in [6.45, 7) is 4.44. The number of rotatable bonds is 6. The molecule has 1 aromatic carbocycles. The lowest BCUT2D eigenvalue weighted by Gasteiger charge is -2.39. The van der Waals surface area contributed by atoms with E-state index in [0.717, 1.165) is 32.1 Å². The van der Waals surface area contributed by atoms with Crippen molar-refractivity contribution in [2.45, 2.75) is 64.6 Å². The predicted octanol–water partition coefficient (Wildman–Crippen LogP) is 2.02. The first kappa shape index (κ1) is 17.5. The Bertz CT molecular complexity index is 906. The van der Waals surface area contributed by atoms with Gasteiger partial charge in [0.2, 0.25) is 5.91 Å². The number of carbonyl (C=O) groups is 1. The normalized spacial score (nSPS) is 15.8. The van der Waals surface area contributed by atoms with Crippen molar-refractivity contribution in [3.8, 4) is 0 Å². The number of aryl methyl sites for hydroxylation is 1. The first-order valence-corrected chi connectivity index (χ1v) is 8.98. The van der Waals surface area contributed by atoms with Crippen molar-refractivity contribution < 1.29 is 4.79 Å². The maximum Gasteiger partial charge on any atom is 0.317 e. The zero-order chi connectivity index (χ0) is 18.0. The number of para-hydroxylation sites is 2. The van der Waals surface area contributed by atoms with E-state index in [9.17, 15) is 14.4 Å². The van der Waals surface area contributed by atoms with Gasteiger partial charge in [0.15, 0.2) is 0 Å². The zero-order valence-corrected chi connectivity index (χ0v) is 14.9. The molecule has 1 fully saturated rings. The second-order valence-electron chi connectivity index (χ2n) is 7.15. The van der Waals surface area contributed by atoms with Crippen LogP contribution in [0.2, 0.25) is 0 Å². The lowest BCUT2D eigenvalue weighted by Crippen LogP contribution is -2.53. The van der Waals surface area contributed by atoms with E-state index < -0.39 is 11.1 Å². The zero-order valence-electron chi connectivity index (χ0n) is 14.9. The fraction of sp³-hybridized carbons (Fsp3) is 0.526. The van der Waals surface area contributed by atoms with Crippen molar-refractivity contribution in [3.63, 3.8) is 0 Å². The Morgan fingerprint density at radius 3 is 2.28 bits per heavy atom. The van der Waals surface area contributed by atoms with Gasteiger partial charge in [-0.25, -0.2) is 0 Å². The van der Waals surface area contributed by atoms with Crippen LogP contribution < -0.4 is 16.4 Å². The van der Waals surface area contributed by atoms with Gasteiger partial charge >= 0.3 is 11.1 Å². The van der Waals surface area contributed by atoms with Gasteiger partial charge < -0.3 is 9.88 Å². The molecule has 2 aromatic rings. The molecule has 1 heterocycles. The van der Waals surface area contributed by atoms with Gasteiger partial charge in [0.1, 0.15) is 6.54 Å². The van der Waals surface area contributed by atoms with Crippen LogP contribution in [0.3, 0.4) is 0 Å². The quantitative estimate of drug-likeness (QED) is 0.816. The number of carbonyl (C=O) groups excluding carboxylic acids is 1. The molecule has 1 aromatic heterocycles. The highest BCUT2D eigenvalue weighted by atomic mass is 16.2. The number of fused-ring (bicyclic) bond motifs is 1. The third-order valence-electron chi connectivity index (χ3n) is 5.07. The fourth-order valence-electron chi connectivity index (χ4n) is 3.42. The molecule has 6 heteroatoms. The molecule has 1 N–H and O–H groups in total. The van der Waals surface area contributed by atoms with Crippen molar-refractivity contribution in [3.05, 3.63) is 45.0 Å². The number of hydrogen-bond donors (Lipinski definition) is 1. The smallest absolute Gasteiger partial charge is 0.317 e. The number of nitrogens with zero attached hydrogens (tertiary/aromatic N) is 2. The van der Waals surface area contributed by atoms with E-state index in [-0.39, 0.29) is 18.0 Å². The second-order valence-corrected chi connectivity index (χ2v) is 7.15. The summed E-state index contributed by atoms with van der Waals surface area (Å²) in [7, 11) is 0. The minimum Gasteiger partial charge on any atom is -0.349 e. The number of nitrogens with one attached hydrogen (secondary N) is 1. The summed E-state index contributed by atoms with van der Waals surface area (Å²) in [5.41, 5.74) is -0.0501. The van der Waals surface area contributed by atoms with E-state index in [0.29, 0.717) is 17.6 Å². The van der Waals surface area contributed by atoms with Crippen LogP contribution in [-0.2, 0) is 17.9 Å². The van der Waals surface area contributed by atoms with E-state index >= 15 is 0 Å². The summed E-state index contributed by atoms with van der Waals surface area (Å²) < 4.78 is 2.83. The fourth-order valence-corrected chi connectivity index (χ4v) is 3.42. The molecule has 134 valence electrons. The molecule has 0 aliphatic heterocycles. The monoisotopic (exact) mass is 343 g/mol. The van der Waals surface area contributed by atoms with Gasteiger partial charge in [0.05, 0.1) is 11.0 Å². The van der Waals surface area contributed by atoms with Gasteiger partial charge in [-0.15, -0.1) is 0 Å². The summed E-state index contributed by atoms with van der Waals surface area (Å²) in [4.78, 5) is 37.5. The number of unbranched alkanes of at least 4 members (excludes halogenated alkanes) is 1. The summed E-state index contributed by atoms with van der Waals surface area (Å²) >= 11 is 0. The van der Waals surface area contributed by atoms with Crippen molar-refractivity contribution in [2.75, 3.05) is 0 Å². The molecule has 0 atom stereocenters. The average molecular weight is 343 g/mol. The van der Waals surface area contributed by atoms with Crippen LogP contribution in [-0.4, -0.2) is 20.6 Å². The van der Waals surface area contributed by atoms with Crippen LogP contribution >= 0.6 is 0 Å². The van der Waals surface area contributed by atoms with Gasteiger partial charge in [-0.2, -0.15) is 0 Å². The second kappa shape index (κ2) is 6.86. The van der Waals surface area contributed by atoms with Gasteiger partial charge in [0.25, 0.3) is 0 Å². The Morgan fingerprint density at radius 1 is 1.12 bits per heavy atom. The minimum absolute atomic E-state index is 0.126. The Labute approximate surface area is 146 Å². The van der Waals surface area contributed by atoms with Crippen LogP contribution in [0, 0.1) is 0 Å². The predicted molar refractivity (Wildman–Crippen MR) is 97.8 cm³/mol. The molecular weight excluding hydrogens is 318 g/mol. The number of amides is 1. The third-order valence-corrected chi connectivity index (χ3v) is 5.07. The Kier molecular flexibility index (Phi) is 4.79. The minimum atomic E-state index is -0.635. The molecule has 25 heavy (non-hydrogen) atoms. The van der Waals surface area contributed by atoms with Crippen LogP contribution in [0.5, 0.6) is 0 Å². The molecule has 0 radical (unpaired) electrons. The lowest BCUT2D eigenvalue weighted by molar-refractivity contribution is -0.124. The van der Waals surface area contributed by atoms with Gasteiger partial charge in [-0.3, -0.25) is 19.0 Å². The molecule has 1 amide bonds. The maximum atomic E-state index is 12.6. The molecule has 1 aliphatic carbocycles. The molecular formula is C19H25N3O3. The van der Waals surface area contributed by atoms with Gasteiger partial charge in [0, 0.05) is 12.1 Å². The molecule has 0 saturated heterocycles. The highest BCUT2D eigenvalue weighted by Gasteiger charge is 2.33. The van der Waals surface area contributed by atoms with Gasteiger partial charge in [-0.1, -0.05) is 25.5 Å². The van der Waals surface area contributed by atoms with E-state index in [4.69, 9.17) is 0 Å². The Morgan fingerprint density at radius 2 is 1.72 bits per heavy atom. The van der Waals surface area contributed by atoms with Crippen molar-refractivity contribution in [1.82, 2.24) is 14.5 Å². The summed E-state index contributed by atoms with van der Waals surface area (Å²) in [5.74, 6) is -0.222. The van der Waals surface area contributed by atoms with E-state index in [2.05, 4.69) is 5.32 Å². The highest BCUT2D eigenvalue weighted by Crippen LogP contribution is 2.30. The van der Waals surface area contributed by atoms with Gasteiger partial charge in [-0.05, 0) is 44.7 Å². The molecule has 0 unspecified atom stereocenters. The van der Waals surface area contributed by atoms with E-state index in [1.165, 1.54) is 9.13 Å². The molecule has 3 rings (SSSR count).